The van der Waals surface area contributed by atoms with E-state index in [2.05, 4.69) is 6.58 Å². The minimum absolute atomic E-state index is 0.154. The molecule has 0 aromatic heterocycles. The maximum atomic E-state index is 11.3. The highest BCUT2D eigenvalue weighted by atomic mass is 16.6. The predicted octanol–water partition coefficient (Wildman–Crippen LogP) is 0.732. The molecule has 0 aliphatic rings. The molecule has 1 unspecified atom stereocenters. The first-order valence-electron chi connectivity index (χ1n) is 4.40. The van der Waals surface area contributed by atoms with E-state index < -0.39 is 18.0 Å². The summed E-state index contributed by atoms with van der Waals surface area (Å²) in [5.41, 5.74) is 0. The second-order valence-corrected chi connectivity index (χ2v) is 2.59. The summed E-state index contributed by atoms with van der Waals surface area (Å²) < 4.78 is 4.73. The molecule has 14 heavy (non-hydrogen) atoms. The number of hydrogen-bond donors (Lipinski definition) is 1. The zero-order valence-corrected chi connectivity index (χ0v) is 8.40. The molecule has 0 spiro atoms. The molecule has 0 bridgehead atoms. The smallest absolute Gasteiger partial charge is 0.330 e. The Morgan fingerprint density at radius 1 is 1.57 bits per heavy atom. The van der Waals surface area contributed by atoms with Gasteiger partial charge in [-0.25, -0.2) is 9.86 Å². The van der Waals surface area contributed by atoms with Crippen LogP contribution in [0.1, 0.15) is 20.3 Å². The quantitative estimate of drug-likeness (QED) is 0.308. The zero-order valence-electron chi connectivity index (χ0n) is 8.40. The summed E-state index contributed by atoms with van der Waals surface area (Å²) in [4.78, 5) is 22.1. The summed E-state index contributed by atoms with van der Waals surface area (Å²) >= 11 is 0. The largest absolute Gasteiger partial charge is 0.449 e. The molecule has 0 aliphatic heterocycles. The van der Waals surface area contributed by atoms with Crippen LogP contribution in [0.25, 0.3) is 0 Å². The number of carbonyl (C=O) groups is 2. The number of amides is 1. The Bertz CT molecular complexity index is 227. The van der Waals surface area contributed by atoms with Crippen molar-refractivity contribution in [1.82, 2.24) is 5.06 Å². The van der Waals surface area contributed by atoms with E-state index in [1.807, 2.05) is 0 Å². The average Bonchev–Trinajstić information content (AvgIpc) is 2.23. The van der Waals surface area contributed by atoms with Crippen LogP contribution >= 0.6 is 0 Å². The molecule has 5 heteroatoms. The summed E-state index contributed by atoms with van der Waals surface area (Å²) in [5.74, 6) is -1.29. The van der Waals surface area contributed by atoms with E-state index >= 15 is 0 Å². The molecule has 0 saturated carbocycles. The molecule has 5 nitrogen and oxygen atoms in total. The number of hydrogen-bond acceptors (Lipinski definition) is 4. The van der Waals surface area contributed by atoms with Crippen molar-refractivity contribution in [3.63, 3.8) is 0 Å². The van der Waals surface area contributed by atoms with Crippen LogP contribution < -0.4 is 0 Å². The number of rotatable bonds is 5. The molecule has 1 N–H and O–H groups in total. The zero-order chi connectivity index (χ0) is 11.1. The van der Waals surface area contributed by atoms with Crippen LogP contribution in [0, 0.1) is 0 Å². The van der Waals surface area contributed by atoms with E-state index in [9.17, 15) is 9.59 Å². The van der Waals surface area contributed by atoms with E-state index in [0.717, 1.165) is 6.08 Å². The minimum atomic E-state index is -0.939. The molecule has 0 heterocycles. The molecule has 80 valence electrons. The lowest BCUT2D eigenvalue weighted by Gasteiger charge is -2.19. The van der Waals surface area contributed by atoms with Crippen LogP contribution in [-0.4, -0.2) is 34.8 Å². The van der Waals surface area contributed by atoms with E-state index in [1.165, 1.54) is 0 Å². The first-order chi connectivity index (χ1) is 6.56. The van der Waals surface area contributed by atoms with E-state index in [1.54, 1.807) is 13.8 Å². The van der Waals surface area contributed by atoms with E-state index in [-0.39, 0.29) is 6.54 Å². The lowest BCUT2D eigenvalue weighted by Crippen LogP contribution is -2.38. The van der Waals surface area contributed by atoms with Gasteiger partial charge in [0.25, 0.3) is 5.91 Å². The summed E-state index contributed by atoms with van der Waals surface area (Å²) in [6.07, 6.45) is 0.351. The molecule has 0 rings (SSSR count). The van der Waals surface area contributed by atoms with Crippen LogP contribution in [0.2, 0.25) is 0 Å². The van der Waals surface area contributed by atoms with Crippen molar-refractivity contribution in [3.8, 4) is 0 Å². The van der Waals surface area contributed by atoms with Crippen molar-refractivity contribution in [1.29, 1.82) is 0 Å². The summed E-state index contributed by atoms with van der Waals surface area (Å²) in [6, 6.07) is 0. The van der Waals surface area contributed by atoms with Crippen molar-refractivity contribution in [3.05, 3.63) is 12.7 Å². The third kappa shape index (κ3) is 3.57. The van der Waals surface area contributed by atoms with Gasteiger partial charge in [0.2, 0.25) is 0 Å². The van der Waals surface area contributed by atoms with Crippen LogP contribution in [-0.2, 0) is 14.3 Å². The number of esters is 1. The van der Waals surface area contributed by atoms with Crippen molar-refractivity contribution < 1.29 is 19.5 Å². The molecule has 0 aromatic carbocycles. The lowest BCUT2D eigenvalue weighted by molar-refractivity contribution is -0.180. The predicted molar refractivity (Wildman–Crippen MR) is 49.5 cm³/mol. The maximum Gasteiger partial charge on any atom is 0.330 e. The van der Waals surface area contributed by atoms with Crippen LogP contribution in [0.5, 0.6) is 0 Å². The molecule has 0 fully saturated rings. The molecular formula is C9H15NO4. The van der Waals surface area contributed by atoms with Gasteiger partial charge in [-0.2, -0.15) is 0 Å². The third-order valence-corrected chi connectivity index (χ3v) is 1.63. The fourth-order valence-electron chi connectivity index (χ4n) is 0.819. The minimum Gasteiger partial charge on any atom is -0.449 e. The highest BCUT2D eigenvalue weighted by molar-refractivity contribution is 5.86. The lowest BCUT2D eigenvalue weighted by atomic mass is 10.2. The number of carbonyl (C=O) groups excluding carboxylic acids is 2. The van der Waals surface area contributed by atoms with Gasteiger partial charge in [0.1, 0.15) is 0 Å². The topological polar surface area (TPSA) is 66.8 Å². The van der Waals surface area contributed by atoms with Crippen LogP contribution in [0.15, 0.2) is 12.7 Å². The number of hydroxylamine groups is 2. The Morgan fingerprint density at radius 3 is 2.50 bits per heavy atom. The molecule has 0 aromatic rings. The summed E-state index contributed by atoms with van der Waals surface area (Å²) in [5, 5.41) is 9.60. The first-order valence-corrected chi connectivity index (χ1v) is 4.40. The summed E-state index contributed by atoms with van der Waals surface area (Å²) in [7, 11) is 0. The van der Waals surface area contributed by atoms with Crippen molar-refractivity contribution >= 4 is 11.9 Å². The van der Waals surface area contributed by atoms with Gasteiger partial charge in [0, 0.05) is 12.6 Å². The molecular weight excluding hydrogens is 186 g/mol. The van der Waals surface area contributed by atoms with Gasteiger partial charge in [-0.3, -0.25) is 10.0 Å². The Balaban J connectivity index is 4.33. The van der Waals surface area contributed by atoms with E-state index in [0.29, 0.717) is 11.5 Å². The Labute approximate surface area is 82.9 Å². The fourth-order valence-corrected chi connectivity index (χ4v) is 0.819. The van der Waals surface area contributed by atoms with Gasteiger partial charge in [0.15, 0.2) is 6.10 Å². The third-order valence-electron chi connectivity index (χ3n) is 1.63. The molecule has 1 atom stereocenters. The highest BCUT2D eigenvalue weighted by Crippen LogP contribution is 2.03. The van der Waals surface area contributed by atoms with Crippen LogP contribution in [0.3, 0.4) is 0 Å². The SMILES string of the molecule is C=CC(=O)OC(CC)C(=O)N(O)CC. The summed E-state index contributed by atoms with van der Waals surface area (Å²) in [6.45, 7) is 6.66. The maximum absolute atomic E-state index is 11.3. The van der Waals surface area contributed by atoms with Gasteiger partial charge in [-0.05, 0) is 13.3 Å². The van der Waals surface area contributed by atoms with Gasteiger partial charge in [-0.15, -0.1) is 0 Å². The van der Waals surface area contributed by atoms with Gasteiger partial charge >= 0.3 is 5.97 Å². The van der Waals surface area contributed by atoms with Crippen molar-refractivity contribution in [2.75, 3.05) is 6.54 Å². The second kappa shape index (κ2) is 6.15. The Kier molecular flexibility index (Phi) is 5.55. The highest BCUT2D eigenvalue weighted by Gasteiger charge is 2.23. The van der Waals surface area contributed by atoms with Gasteiger partial charge in [-0.1, -0.05) is 13.5 Å². The number of likely N-dealkylation sites (N-methyl/N-ethyl adjacent to an activating group) is 1. The van der Waals surface area contributed by atoms with Gasteiger partial charge in [0.05, 0.1) is 0 Å². The number of nitrogens with zero attached hydrogens (tertiary/aromatic N) is 1. The number of ether oxygens (including phenoxy) is 1. The Hall–Kier alpha value is -1.36. The molecule has 0 aliphatic carbocycles. The van der Waals surface area contributed by atoms with Crippen molar-refractivity contribution in [2.45, 2.75) is 26.4 Å². The second-order valence-electron chi connectivity index (χ2n) is 2.59. The molecule has 1 amide bonds. The fraction of sp³-hybridized carbons (Fsp3) is 0.556. The standard InChI is InChI=1S/C9H15NO4/c1-4-7(14-8(11)5-2)9(12)10(13)6-3/h5,7,13H,2,4,6H2,1,3H3. The Morgan fingerprint density at radius 2 is 2.14 bits per heavy atom. The molecule has 0 saturated heterocycles. The average molecular weight is 201 g/mol. The van der Waals surface area contributed by atoms with Gasteiger partial charge < -0.3 is 4.74 Å². The first kappa shape index (κ1) is 12.6. The monoisotopic (exact) mass is 201 g/mol. The molecule has 0 radical (unpaired) electrons. The van der Waals surface area contributed by atoms with Crippen molar-refractivity contribution in [2.24, 2.45) is 0 Å². The van der Waals surface area contributed by atoms with E-state index in [4.69, 9.17) is 9.94 Å². The van der Waals surface area contributed by atoms with Crippen LogP contribution in [0.4, 0.5) is 0 Å². The normalized spacial score (nSPS) is 11.6.